The minimum absolute atomic E-state index is 0.0739. The highest BCUT2D eigenvalue weighted by Crippen LogP contribution is 2.31. The van der Waals surface area contributed by atoms with E-state index in [2.05, 4.69) is 4.72 Å². The van der Waals surface area contributed by atoms with Crippen molar-refractivity contribution >= 4 is 27.3 Å². The minimum Gasteiger partial charge on any atom is -0.312 e. The van der Waals surface area contributed by atoms with E-state index in [9.17, 15) is 13.2 Å². The van der Waals surface area contributed by atoms with E-state index in [0.717, 1.165) is 24.1 Å². The Kier molecular flexibility index (Phi) is 4.80. The molecule has 1 aliphatic heterocycles. The molecule has 0 saturated carbocycles. The highest BCUT2D eigenvalue weighted by Gasteiger charge is 2.25. The molecule has 0 unspecified atom stereocenters. The molecule has 1 aromatic carbocycles. The second-order valence-electron chi connectivity index (χ2n) is 6.29. The second-order valence-corrected chi connectivity index (χ2v) is 8.52. The summed E-state index contributed by atoms with van der Waals surface area (Å²) in [6.45, 7) is 7.71. The van der Waals surface area contributed by atoms with Gasteiger partial charge in [-0.1, -0.05) is 19.9 Å². The summed E-state index contributed by atoms with van der Waals surface area (Å²) < 4.78 is 26.6. The molecule has 6 heteroatoms. The minimum atomic E-state index is -3.39. The first-order chi connectivity index (χ1) is 10.2. The van der Waals surface area contributed by atoms with Gasteiger partial charge in [-0.2, -0.15) is 0 Å². The first-order valence-electron chi connectivity index (χ1n) is 7.68. The van der Waals surface area contributed by atoms with Crippen LogP contribution >= 0.6 is 0 Å². The molecule has 1 aromatic rings. The van der Waals surface area contributed by atoms with Gasteiger partial charge in [0.15, 0.2) is 0 Å². The molecule has 5 nitrogen and oxygen atoms in total. The third kappa shape index (κ3) is 3.43. The van der Waals surface area contributed by atoms with Gasteiger partial charge in [0, 0.05) is 18.2 Å². The molecule has 0 fully saturated rings. The van der Waals surface area contributed by atoms with Crippen molar-refractivity contribution in [1.29, 1.82) is 0 Å². The van der Waals surface area contributed by atoms with Crippen molar-refractivity contribution in [1.82, 2.24) is 0 Å². The van der Waals surface area contributed by atoms with Crippen molar-refractivity contribution in [2.24, 2.45) is 5.92 Å². The summed E-state index contributed by atoms with van der Waals surface area (Å²) >= 11 is 0. The zero-order chi connectivity index (χ0) is 16.5. The zero-order valence-electron chi connectivity index (χ0n) is 13.6. The molecule has 22 heavy (non-hydrogen) atoms. The molecule has 0 radical (unpaired) electrons. The van der Waals surface area contributed by atoms with Crippen molar-refractivity contribution in [2.45, 2.75) is 45.8 Å². The van der Waals surface area contributed by atoms with Gasteiger partial charge >= 0.3 is 0 Å². The molecule has 0 spiro atoms. The average molecular weight is 324 g/mol. The lowest BCUT2D eigenvalue weighted by molar-refractivity contribution is -0.121. The van der Waals surface area contributed by atoms with Crippen molar-refractivity contribution in [2.75, 3.05) is 16.2 Å². The van der Waals surface area contributed by atoms with Gasteiger partial charge in [0.25, 0.3) is 0 Å². The first kappa shape index (κ1) is 16.8. The normalized spacial score (nSPS) is 15.1. The molecule has 1 heterocycles. The highest BCUT2D eigenvalue weighted by atomic mass is 32.2. The Morgan fingerprint density at radius 3 is 2.50 bits per heavy atom. The zero-order valence-corrected chi connectivity index (χ0v) is 14.4. The molecular weight excluding hydrogens is 300 g/mol. The number of carbonyl (C=O) groups is 1. The summed E-state index contributed by atoms with van der Waals surface area (Å²) in [6.07, 6.45) is 1.84. The Labute approximate surface area is 132 Å². The topological polar surface area (TPSA) is 66.5 Å². The fourth-order valence-corrected chi connectivity index (χ4v) is 3.15. The summed E-state index contributed by atoms with van der Waals surface area (Å²) in [6, 6.07) is 5.45. The number of nitrogens with zero attached hydrogens (tertiary/aromatic N) is 1. The summed E-state index contributed by atoms with van der Waals surface area (Å²) in [5, 5.41) is -0.503. The summed E-state index contributed by atoms with van der Waals surface area (Å²) in [4.78, 5) is 14.1. The van der Waals surface area contributed by atoms with Crippen LogP contribution in [0.25, 0.3) is 0 Å². The maximum Gasteiger partial charge on any atom is 0.235 e. The molecule has 0 atom stereocenters. The summed E-state index contributed by atoms with van der Waals surface area (Å²) in [5.74, 6) is -0.00761. The number of nitrogens with one attached hydrogen (secondary N) is 1. The average Bonchev–Trinajstić information content (AvgIpc) is 2.45. The third-order valence-corrected chi connectivity index (χ3v) is 5.61. The summed E-state index contributed by atoms with van der Waals surface area (Å²) in [7, 11) is -3.39. The predicted octanol–water partition coefficient (Wildman–Crippen LogP) is 2.77. The van der Waals surface area contributed by atoms with Gasteiger partial charge in [0.2, 0.25) is 15.9 Å². The van der Waals surface area contributed by atoms with E-state index in [4.69, 9.17) is 0 Å². The van der Waals surface area contributed by atoms with Gasteiger partial charge in [-0.3, -0.25) is 9.52 Å². The standard InChI is InChI=1S/C16H24N2O3S/c1-11(2)16(19)18-9-5-6-13-7-8-14(10-15(13)18)17-22(20,21)12(3)4/h7-8,10-12,17H,5-6,9H2,1-4H3. The largest absolute Gasteiger partial charge is 0.312 e. The van der Waals surface area contributed by atoms with Crippen molar-refractivity contribution in [3.63, 3.8) is 0 Å². The molecule has 2 rings (SSSR count). The quantitative estimate of drug-likeness (QED) is 0.926. The predicted molar refractivity (Wildman–Crippen MR) is 89.6 cm³/mol. The van der Waals surface area contributed by atoms with E-state index < -0.39 is 15.3 Å². The maximum absolute atomic E-state index is 12.4. The van der Waals surface area contributed by atoms with Crippen LogP contribution in [0.5, 0.6) is 0 Å². The number of amides is 1. The number of fused-ring (bicyclic) bond motifs is 1. The molecule has 0 aliphatic carbocycles. The summed E-state index contributed by atoms with van der Waals surface area (Å²) in [5.41, 5.74) is 2.43. The van der Waals surface area contributed by atoms with E-state index in [1.807, 2.05) is 19.9 Å². The van der Waals surface area contributed by atoms with Crippen LogP contribution in [0.1, 0.15) is 39.7 Å². The van der Waals surface area contributed by atoms with Crippen LogP contribution in [0.3, 0.4) is 0 Å². The number of hydrogen-bond donors (Lipinski definition) is 1. The number of carbonyl (C=O) groups excluding carboxylic acids is 1. The van der Waals surface area contributed by atoms with Crippen LogP contribution in [0, 0.1) is 5.92 Å². The Bertz CT molecular complexity index is 666. The Morgan fingerprint density at radius 1 is 1.23 bits per heavy atom. The van der Waals surface area contributed by atoms with Crippen LogP contribution in [-0.2, 0) is 21.2 Å². The van der Waals surface area contributed by atoms with Gasteiger partial charge in [-0.05, 0) is 44.4 Å². The van der Waals surface area contributed by atoms with E-state index in [0.29, 0.717) is 12.2 Å². The molecule has 0 aromatic heterocycles. The first-order valence-corrected chi connectivity index (χ1v) is 9.23. The lowest BCUT2D eigenvalue weighted by atomic mass is 9.99. The number of hydrogen-bond acceptors (Lipinski definition) is 3. The molecule has 1 N–H and O–H groups in total. The SMILES string of the molecule is CC(C)C(=O)N1CCCc2ccc(NS(=O)(=O)C(C)C)cc21. The van der Waals surface area contributed by atoms with Crippen molar-refractivity contribution in [3.8, 4) is 0 Å². The molecular formula is C16H24N2O3S. The lowest BCUT2D eigenvalue weighted by Gasteiger charge is -2.31. The lowest BCUT2D eigenvalue weighted by Crippen LogP contribution is -2.38. The molecule has 1 aliphatic rings. The van der Waals surface area contributed by atoms with Gasteiger partial charge < -0.3 is 4.90 Å². The van der Waals surface area contributed by atoms with Crippen molar-refractivity contribution in [3.05, 3.63) is 23.8 Å². The highest BCUT2D eigenvalue weighted by molar-refractivity contribution is 7.93. The number of sulfonamides is 1. The van der Waals surface area contributed by atoms with Crippen molar-refractivity contribution < 1.29 is 13.2 Å². The van der Waals surface area contributed by atoms with Crippen LogP contribution in [-0.4, -0.2) is 26.1 Å². The third-order valence-electron chi connectivity index (χ3n) is 3.84. The van der Waals surface area contributed by atoms with Gasteiger partial charge in [0.1, 0.15) is 0 Å². The van der Waals surface area contributed by atoms with Crippen LogP contribution in [0.2, 0.25) is 0 Å². The fraction of sp³-hybridized carbons (Fsp3) is 0.562. The van der Waals surface area contributed by atoms with Crippen LogP contribution in [0.4, 0.5) is 11.4 Å². The molecule has 0 bridgehead atoms. The second kappa shape index (κ2) is 6.28. The molecule has 122 valence electrons. The number of anilines is 2. The van der Waals surface area contributed by atoms with E-state index in [1.165, 1.54) is 0 Å². The number of aryl methyl sites for hydroxylation is 1. The molecule has 0 saturated heterocycles. The maximum atomic E-state index is 12.4. The molecule has 1 amide bonds. The fourth-order valence-electron chi connectivity index (χ4n) is 2.46. The van der Waals surface area contributed by atoms with E-state index in [1.54, 1.807) is 30.9 Å². The van der Waals surface area contributed by atoms with Crippen LogP contribution < -0.4 is 9.62 Å². The van der Waals surface area contributed by atoms with Crippen LogP contribution in [0.15, 0.2) is 18.2 Å². The monoisotopic (exact) mass is 324 g/mol. The number of benzene rings is 1. The van der Waals surface area contributed by atoms with Gasteiger partial charge in [0.05, 0.1) is 10.9 Å². The van der Waals surface area contributed by atoms with Gasteiger partial charge in [-0.25, -0.2) is 8.42 Å². The van der Waals surface area contributed by atoms with E-state index in [-0.39, 0.29) is 11.8 Å². The Morgan fingerprint density at radius 2 is 1.91 bits per heavy atom. The van der Waals surface area contributed by atoms with Gasteiger partial charge in [-0.15, -0.1) is 0 Å². The Balaban J connectivity index is 2.36. The van der Waals surface area contributed by atoms with E-state index >= 15 is 0 Å². The number of rotatable bonds is 4. The Hall–Kier alpha value is -1.56. The smallest absolute Gasteiger partial charge is 0.235 e.